The van der Waals surface area contributed by atoms with Crippen molar-refractivity contribution in [2.75, 3.05) is 13.1 Å². The monoisotopic (exact) mass is 299 g/mol. The molecule has 1 heterocycles. The van der Waals surface area contributed by atoms with Crippen molar-refractivity contribution >= 4 is 16.0 Å². The minimum atomic E-state index is -3.69. The summed E-state index contributed by atoms with van der Waals surface area (Å²) >= 11 is 0. The van der Waals surface area contributed by atoms with E-state index in [1.54, 1.807) is 0 Å². The summed E-state index contributed by atoms with van der Waals surface area (Å²) in [5.74, 6) is -1.15. The van der Waals surface area contributed by atoms with Crippen molar-refractivity contribution in [3.8, 4) is 0 Å². The quantitative estimate of drug-likeness (QED) is 0.906. The van der Waals surface area contributed by atoms with Crippen LogP contribution in [-0.2, 0) is 14.8 Å². The smallest absolute Gasteiger partial charge is 0.335 e. The molecule has 7 heteroatoms. The van der Waals surface area contributed by atoms with Crippen LogP contribution in [-0.4, -0.2) is 49.1 Å². The molecular weight excluding hydrogens is 282 g/mol. The van der Waals surface area contributed by atoms with Gasteiger partial charge >= 0.3 is 5.97 Å². The third-order valence-corrected chi connectivity index (χ3v) is 4.93. The number of rotatable bonds is 3. The van der Waals surface area contributed by atoms with E-state index in [1.165, 1.54) is 28.6 Å². The number of carbonyl (C=O) groups is 1. The average Bonchev–Trinajstić information content (AvgIpc) is 2.37. The highest BCUT2D eigenvalue weighted by Crippen LogP contribution is 2.21. The number of hydrogen-bond acceptors (Lipinski definition) is 4. The summed E-state index contributed by atoms with van der Waals surface area (Å²) in [6, 6.07) is 5.39. The van der Waals surface area contributed by atoms with Gasteiger partial charge in [0.05, 0.1) is 22.7 Å². The lowest BCUT2D eigenvalue weighted by atomic mass is 10.2. The molecule has 0 spiro atoms. The number of morpholine rings is 1. The molecule has 1 aliphatic heterocycles. The van der Waals surface area contributed by atoms with Crippen molar-refractivity contribution in [1.29, 1.82) is 0 Å². The van der Waals surface area contributed by atoms with Crippen LogP contribution in [0.4, 0.5) is 0 Å². The van der Waals surface area contributed by atoms with E-state index < -0.39 is 16.0 Å². The number of carboxylic acids is 1. The zero-order valence-corrected chi connectivity index (χ0v) is 12.1. The first kappa shape index (κ1) is 15.0. The van der Waals surface area contributed by atoms with Gasteiger partial charge in [0.25, 0.3) is 0 Å². The topological polar surface area (TPSA) is 83.9 Å². The van der Waals surface area contributed by atoms with Gasteiger partial charge in [-0.25, -0.2) is 13.2 Å². The van der Waals surface area contributed by atoms with Gasteiger partial charge in [-0.3, -0.25) is 0 Å². The van der Waals surface area contributed by atoms with Crippen molar-refractivity contribution in [3.05, 3.63) is 29.8 Å². The fourth-order valence-electron chi connectivity index (χ4n) is 2.27. The van der Waals surface area contributed by atoms with Crippen LogP contribution in [0, 0.1) is 0 Å². The van der Waals surface area contributed by atoms with E-state index in [-0.39, 0.29) is 35.8 Å². The molecule has 0 unspecified atom stereocenters. The molecule has 6 nitrogen and oxygen atoms in total. The molecule has 1 saturated heterocycles. The third kappa shape index (κ3) is 3.00. The molecule has 110 valence electrons. The Hall–Kier alpha value is -1.44. The van der Waals surface area contributed by atoms with Crippen LogP contribution < -0.4 is 0 Å². The van der Waals surface area contributed by atoms with Gasteiger partial charge in [0, 0.05) is 13.1 Å². The molecule has 0 amide bonds. The Morgan fingerprint density at radius 1 is 1.30 bits per heavy atom. The second-order valence-corrected chi connectivity index (χ2v) is 6.85. The molecule has 2 rings (SSSR count). The Morgan fingerprint density at radius 2 is 1.90 bits per heavy atom. The highest BCUT2D eigenvalue weighted by molar-refractivity contribution is 7.89. The summed E-state index contributed by atoms with van der Waals surface area (Å²) < 4.78 is 31.9. The van der Waals surface area contributed by atoms with Crippen LogP contribution in [0.2, 0.25) is 0 Å². The molecule has 20 heavy (non-hydrogen) atoms. The van der Waals surface area contributed by atoms with Gasteiger partial charge in [-0.15, -0.1) is 0 Å². The minimum absolute atomic E-state index is 0.00120. The van der Waals surface area contributed by atoms with Gasteiger partial charge in [0.15, 0.2) is 0 Å². The van der Waals surface area contributed by atoms with Gasteiger partial charge in [0.2, 0.25) is 10.0 Å². The Bertz CT molecular complexity index is 603. The lowest BCUT2D eigenvalue weighted by molar-refractivity contribution is -0.0440. The standard InChI is InChI=1S/C13H17NO5S/c1-9-7-14(8-10(2)19-9)20(17,18)12-5-3-4-11(6-12)13(15)16/h3-6,9-10H,7-8H2,1-2H3,(H,15,16)/t9-,10+. The fourth-order valence-corrected chi connectivity index (χ4v) is 3.90. The van der Waals surface area contributed by atoms with Crippen LogP contribution in [0.5, 0.6) is 0 Å². The van der Waals surface area contributed by atoms with Crippen molar-refractivity contribution in [2.45, 2.75) is 31.0 Å². The molecule has 0 saturated carbocycles. The normalized spacial score (nSPS) is 24.5. The number of ether oxygens (including phenoxy) is 1. The molecule has 1 aromatic rings. The molecule has 0 aromatic heterocycles. The molecule has 0 bridgehead atoms. The van der Waals surface area contributed by atoms with Crippen LogP contribution in [0.25, 0.3) is 0 Å². The van der Waals surface area contributed by atoms with E-state index in [9.17, 15) is 13.2 Å². The van der Waals surface area contributed by atoms with E-state index in [4.69, 9.17) is 9.84 Å². The molecule has 0 aliphatic carbocycles. The maximum absolute atomic E-state index is 12.5. The van der Waals surface area contributed by atoms with Crippen molar-refractivity contribution in [1.82, 2.24) is 4.31 Å². The number of hydrogen-bond donors (Lipinski definition) is 1. The molecule has 1 aliphatic rings. The van der Waals surface area contributed by atoms with Crippen LogP contribution >= 0.6 is 0 Å². The second kappa shape index (κ2) is 5.51. The fraction of sp³-hybridized carbons (Fsp3) is 0.462. The summed E-state index contributed by atoms with van der Waals surface area (Å²) in [6.45, 7) is 4.16. The maximum atomic E-state index is 12.5. The molecule has 2 atom stereocenters. The highest BCUT2D eigenvalue weighted by atomic mass is 32.2. The zero-order valence-electron chi connectivity index (χ0n) is 11.3. The summed E-state index contributed by atoms with van der Waals surface area (Å²) in [4.78, 5) is 10.9. The Morgan fingerprint density at radius 3 is 2.45 bits per heavy atom. The summed E-state index contributed by atoms with van der Waals surface area (Å²) in [7, 11) is -3.69. The number of aromatic carboxylic acids is 1. The molecule has 1 fully saturated rings. The first-order valence-electron chi connectivity index (χ1n) is 6.29. The van der Waals surface area contributed by atoms with Gasteiger partial charge in [-0.1, -0.05) is 6.07 Å². The summed E-state index contributed by atoms with van der Waals surface area (Å²) in [5, 5.41) is 8.94. The average molecular weight is 299 g/mol. The van der Waals surface area contributed by atoms with Crippen molar-refractivity contribution in [3.63, 3.8) is 0 Å². The number of sulfonamides is 1. The first-order valence-corrected chi connectivity index (χ1v) is 7.73. The van der Waals surface area contributed by atoms with E-state index in [2.05, 4.69) is 0 Å². The lowest BCUT2D eigenvalue weighted by Gasteiger charge is -2.34. The van der Waals surface area contributed by atoms with E-state index in [0.29, 0.717) is 0 Å². The van der Waals surface area contributed by atoms with Crippen molar-refractivity contribution < 1.29 is 23.1 Å². The van der Waals surface area contributed by atoms with Gasteiger partial charge in [0.1, 0.15) is 0 Å². The third-order valence-electron chi connectivity index (χ3n) is 3.10. The molecular formula is C13H17NO5S. The minimum Gasteiger partial charge on any atom is -0.478 e. The number of carboxylic acid groups (broad SMARTS) is 1. The Labute approximate surface area is 118 Å². The van der Waals surface area contributed by atoms with Gasteiger partial charge in [-0.2, -0.15) is 4.31 Å². The maximum Gasteiger partial charge on any atom is 0.335 e. The van der Waals surface area contributed by atoms with Gasteiger partial charge in [-0.05, 0) is 32.0 Å². The Balaban J connectivity index is 2.34. The van der Waals surface area contributed by atoms with Crippen LogP contribution in [0.1, 0.15) is 24.2 Å². The van der Waals surface area contributed by atoms with E-state index in [1.807, 2.05) is 13.8 Å². The van der Waals surface area contributed by atoms with E-state index in [0.717, 1.165) is 0 Å². The van der Waals surface area contributed by atoms with Crippen LogP contribution in [0.15, 0.2) is 29.2 Å². The second-order valence-electron chi connectivity index (χ2n) is 4.91. The van der Waals surface area contributed by atoms with Gasteiger partial charge < -0.3 is 9.84 Å². The molecule has 0 radical (unpaired) electrons. The highest BCUT2D eigenvalue weighted by Gasteiger charge is 2.32. The summed E-state index contributed by atoms with van der Waals surface area (Å²) in [6.07, 6.45) is -0.368. The molecule has 1 N–H and O–H groups in total. The largest absolute Gasteiger partial charge is 0.478 e. The van der Waals surface area contributed by atoms with Crippen molar-refractivity contribution in [2.24, 2.45) is 0 Å². The van der Waals surface area contributed by atoms with E-state index >= 15 is 0 Å². The van der Waals surface area contributed by atoms with Crippen LogP contribution in [0.3, 0.4) is 0 Å². The lowest BCUT2D eigenvalue weighted by Crippen LogP contribution is -2.48. The number of nitrogens with zero attached hydrogens (tertiary/aromatic N) is 1. The molecule has 1 aromatic carbocycles. The Kier molecular flexibility index (Phi) is 4.12. The SMILES string of the molecule is C[C@@H]1CN(S(=O)(=O)c2cccc(C(=O)O)c2)C[C@H](C)O1. The summed E-state index contributed by atoms with van der Waals surface area (Å²) in [5.41, 5.74) is -0.0413. The predicted octanol–water partition coefficient (Wildman–Crippen LogP) is 1.18. The zero-order chi connectivity index (χ0) is 14.9. The number of benzene rings is 1. The predicted molar refractivity (Wildman–Crippen MR) is 72.2 cm³/mol. The first-order chi connectivity index (χ1) is 9.30.